The second-order valence-corrected chi connectivity index (χ2v) is 3.47. The molecule has 1 aromatic rings. The van der Waals surface area contributed by atoms with Gasteiger partial charge in [0, 0.05) is 18.3 Å². The van der Waals surface area contributed by atoms with Gasteiger partial charge in [0.2, 0.25) is 0 Å². The molecule has 1 aromatic heterocycles. The number of hydrogen-bond acceptors (Lipinski definition) is 2. The van der Waals surface area contributed by atoms with Gasteiger partial charge in [-0.15, -0.1) is 0 Å². The molecular formula is C10H16N2O. The molecule has 72 valence electrons. The summed E-state index contributed by atoms with van der Waals surface area (Å²) in [6.07, 6.45) is 7.35. The number of aliphatic hydroxyl groups is 1. The summed E-state index contributed by atoms with van der Waals surface area (Å²) < 4.78 is 1.92. The fraction of sp³-hybridized carbons (Fsp3) is 0.500. The first-order valence-corrected chi connectivity index (χ1v) is 4.52. The average molecular weight is 180 g/mol. The van der Waals surface area contributed by atoms with E-state index in [1.165, 1.54) is 0 Å². The van der Waals surface area contributed by atoms with Crippen LogP contribution in [-0.2, 0) is 6.54 Å². The third-order valence-electron chi connectivity index (χ3n) is 1.62. The molecule has 0 aliphatic heterocycles. The average Bonchev–Trinajstić information content (AvgIpc) is 2.48. The number of hydrogen-bond donors (Lipinski definition) is 1. The molecule has 3 nitrogen and oxygen atoms in total. The lowest BCUT2D eigenvalue weighted by Gasteiger charge is -2.02. The van der Waals surface area contributed by atoms with Crippen molar-refractivity contribution in [2.75, 3.05) is 6.61 Å². The van der Waals surface area contributed by atoms with Gasteiger partial charge in [-0.25, -0.2) is 0 Å². The van der Waals surface area contributed by atoms with Gasteiger partial charge in [-0.05, 0) is 5.92 Å². The summed E-state index contributed by atoms with van der Waals surface area (Å²) in [7, 11) is 0. The minimum absolute atomic E-state index is 0.0787. The van der Waals surface area contributed by atoms with Crippen molar-refractivity contribution in [1.82, 2.24) is 9.78 Å². The standard InChI is InChI=1S/C10H16N2O/c1-9(2)7-12-8-10(6-11-12)4-3-5-13/h3-4,6,8-9,13H,5,7H2,1-2H3. The lowest BCUT2D eigenvalue weighted by Crippen LogP contribution is -2.03. The minimum Gasteiger partial charge on any atom is -0.392 e. The van der Waals surface area contributed by atoms with E-state index in [4.69, 9.17) is 5.11 Å². The van der Waals surface area contributed by atoms with E-state index < -0.39 is 0 Å². The van der Waals surface area contributed by atoms with E-state index in [0.717, 1.165) is 12.1 Å². The molecule has 0 atom stereocenters. The molecule has 0 spiro atoms. The van der Waals surface area contributed by atoms with Crippen LogP contribution in [0.15, 0.2) is 18.5 Å². The van der Waals surface area contributed by atoms with E-state index in [-0.39, 0.29) is 6.61 Å². The van der Waals surface area contributed by atoms with Gasteiger partial charge in [0.1, 0.15) is 0 Å². The van der Waals surface area contributed by atoms with Crippen LogP contribution < -0.4 is 0 Å². The van der Waals surface area contributed by atoms with Crippen molar-refractivity contribution in [2.24, 2.45) is 5.92 Å². The van der Waals surface area contributed by atoms with E-state index in [1.807, 2.05) is 17.0 Å². The first kappa shape index (κ1) is 9.99. The van der Waals surface area contributed by atoms with E-state index in [9.17, 15) is 0 Å². The maximum Gasteiger partial charge on any atom is 0.0615 e. The topological polar surface area (TPSA) is 38.0 Å². The molecule has 1 rings (SSSR count). The predicted octanol–water partition coefficient (Wildman–Crippen LogP) is 1.54. The molecule has 0 fully saturated rings. The molecule has 0 amide bonds. The van der Waals surface area contributed by atoms with Crippen molar-refractivity contribution in [3.8, 4) is 0 Å². The highest BCUT2D eigenvalue weighted by molar-refractivity contribution is 5.46. The van der Waals surface area contributed by atoms with Gasteiger partial charge in [-0.2, -0.15) is 5.10 Å². The van der Waals surface area contributed by atoms with Crippen LogP contribution >= 0.6 is 0 Å². The van der Waals surface area contributed by atoms with Crippen molar-refractivity contribution in [3.05, 3.63) is 24.0 Å². The first-order chi connectivity index (χ1) is 6.22. The van der Waals surface area contributed by atoms with Crippen molar-refractivity contribution in [1.29, 1.82) is 0 Å². The Morgan fingerprint density at radius 2 is 2.38 bits per heavy atom. The highest BCUT2D eigenvalue weighted by Crippen LogP contribution is 2.03. The predicted molar refractivity (Wildman–Crippen MR) is 53.2 cm³/mol. The molecular weight excluding hydrogens is 164 g/mol. The fourth-order valence-electron chi connectivity index (χ4n) is 1.13. The van der Waals surface area contributed by atoms with Gasteiger partial charge >= 0.3 is 0 Å². The summed E-state index contributed by atoms with van der Waals surface area (Å²) in [6, 6.07) is 0. The second kappa shape index (κ2) is 4.82. The number of rotatable bonds is 4. The zero-order chi connectivity index (χ0) is 9.68. The van der Waals surface area contributed by atoms with Crippen LogP contribution in [0.1, 0.15) is 19.4 Å². The zero-order valence-corrected chi connectivity index (χ0v) is 8.14. The van der Waals surface area contributed by atoms with Gasteiger partial charge in [0.25, 0.3) is 0 Å². The van der Waals surface area contributed by atoms with E-state index in [2.05, 4.69) is 18.9 Å². The van der Waals surface area contributed by atoms with E-state index in [1.54, 1.807) is 12.3 Å². The van der Waals surface area contributed by atoms with E-state index in [0.29, 0.717) is 5.92 Å². The van der Waals surface area contributed by atoms with Crippen molar-refractivity contribution in [2.45, 2.75) is 20.4 Å². The molecule has 0 bridgehead atoms. The Kier molecular flexibility index (Phi) is 3.71. The molecule has 1 heterocycles. The third kappa shape index (κ3) is 3.42. The first-order valence-electron chi connectivity index (χ1n) is 4.52. The second-order valence-electron chi connectivity index (χ2n) is 3.47. The summed E-state index contributed by atoms with van der Waals surface area (Å²) in [6.45, 7) is 5.33. The van der Waals surface area contributed by atoms with Gasteiger partial charge in [-0.3, -0.25) is 4.68 Å². The van der Waals surface area contributed by atoms with Crippen LogP contribution in [0.3, 0.4) is 0 Å². The van der Waals surface area contributed by atoms with Crippen LogP contribution in [0.4, 0.5) is 0 Å². The highest BCUT2D eigenvalue weighted by atomic mass is 16.2. The van der Waals surface area contributed by atoms with Crippen LogP contribution in [0, 0.1) is 5.92 Å². The quantitative estimate of drug-likeness (QED) is 0.763. The summed E-state index contributed by atoms with van der Waals surface area (Å²) in [4.78, 5) is 0. The maximum atomic E-state index is 8.57. The molecule has 0 aromatic carbocycles. The van der Waals surface area contributed by atoms with Crippen LogP contribution in [0.5, 0.6) is 0 Å². The Hall–Kier alpha value is -1.09. The normalized spacial score (nSPS) is 11.7. The summed E-state index contributed by atoms with van der Waals surface area (Å²) in [5.41, 5.74) is 1.04. The number of aliphatic hydroxyl groups excluding tert-OH is 1. The monoisotopic (exact) mass is 180 g/mol. The fourth-order valence-corrected chi connectivity index (χ4v) is 1.13. The largest absolute Gasteiger partial charge is 0.392 e. The Morgan fingerprint density at radius 3 is 3.00 bits per heavy atom. The Labute approximate surface area is 78.7 Å². The van der Waals surface area contributed by atoms with E-state index >= 15 is 0 Å². The molecule has 0 aliphatic rings. The molecule has 0 saturated carbocycles. The Balaban J connectivity index is 2.58. The van der Waals surface area contributed by atoms with Crippen LogP contribution in [0.2, 0.25) is 0 Å². The van der Waals surface area contributed by atoms with Crippen LogP contribution in [0.25, 0.3) is 6.08 Å². The third-order valence-corrected chi connectivity index (χ3v) is 1.62. The summed E-state index contributed by atoms with van der Waals surface area (Å²) in [5.74, 6) is 0.606. The molecule has 3 heteroatoms. The van der Waals surface area contributed by atoms with Crippen molar-refractivity contribution >= 4 is 6.08 Å². The summed E-state index contributed by atoms with van der Waals surface area (Å²) >= 11 is 0. The molecule has 1 N–H and O–H groups in total. The minimum atomic E-state index is 0.0787. The highest BCUT2D eigenvalue weighted by Gasteiger charge is 1.97. The zero-order valence-electron chi connectivity index (χ0n) is 8.14. The smallest absolute Gasteiger partial charge is 0.0615 e. The summed E-state index contributed by atoms with van der Waals surface area (Å²) in [5, 5.41) is 12.8. The number of nitrogens with zero attached hydrogens (tertiary/aromatic N) is 2. The molecule has 0 aliphatic carbocycles. The molecule has 0 radical (unpaired) electrons. The molecule has 0 unspecified atom stereocenters. The number of aromatic nitrogens is 2. The van der Waals surface area contributed by atoms with Gasteiger partial charge in [0.15, 0.2) is 0 Å². The Bertz CT molecular complexity index is 276. The lowest BCUT2D eigenvalue weighted by molar-refractivity contribution is 0.343. The van der Waals surface area contributed by atoms with Gasteiger partial charge in [0.05, 0.1) is 12.8 Å². The lowest BCUT2D eigenvalue weighted by atomic mass is 10.2. The van der Waals surface area contributed by atoms with Gasteiger partial charge in [-0.1, -0.05) is 26.0 Å². The maximum absolute atomic E-state index is 8.57. The molecule has 0 saturated heterocycles. The van der Waals surface area contributed by atoms with Crippen molar-refractivity contribution < 1.29 is 5.11 Å². The SMILES string of the molecule is CC(C)Cn1cc(C=CCO)cn1. The molecule has 13 heavy (non-hydrogen) atoms. The van der Waals surface area contributed by atoms with Crippen molar-refractivity contribution in [3.63, 3.8) is 0 Å². The van der Waals surface area contributed by atoms with Gasteiger partial charge < -0.3 is 5.11 Å². The van der Waals surface area contributed by atoms with Crippen LogP contribution in [-0.4, -0.2) is 21.5 Å². The Morgan fingerprint density at radius 1 is 1.62 bits per heavy atom.